The molecule has 0 bridgehead atoms. The van der Waals surface area contributed by atoms with Gasteiger partial charge >= 0.3 is 12.3 Å². The van der Waals surface area contributed by atoms with Gasteiger partial charge in [-0.25, -0.2) is 0 Å². The van der Waals surface area contributed by atoms with Crippen LogP contribution in [0, 0.1) is 0 Å². The zero-order valence-corrected chi connectivity index (χ0v) is 14.7. The molecule has 0 fully saturated rings. The molecule has 2 aromatic rings. The van der Waals surface area contributed by atoms with Crippen molar-refractivity contribution < 1.29 is 37.3 Å². The Morgan fingerprint density at radius 3 is 2.36 bits per heavy atom. The fourth-order valence-corrected chi connectivity index (χ4v) is 2.26. The van der Waals surface area contributed by atoms with Gasteiger partial charge in [-0.2, -0.15) is 0 Å². The van der Waals surface area contributed by atoms with E-state index in [-0.39, 0.29) is 25.1 Å². The molecule has 6 nitrogen and oxygen atoms in total. The molecule has 0 unspecified atom stereocenters. The Kier molecular flexibility index (Phi) is 7.25. The van der Waals surface area contributed by atoms with E-state index in [4.69, 9.17) is 9.84 Å². The Morgan fingerprint density at radius 1 is 1.04 bits per heavy atom. The molecule has 0 aliphatic carbocycles. The van der Waals surface area contributed by atoms with Gasteiger partial charge in [0.1, 0.15) is 11.5 Å². The summed E-state index contributed by atoms with van der Waals surface area (Å²) >= 11 is 0. The van der Waals surface area contributed by atoms with Gasteiger partial charge in [-0.1, -0.05) is 24.3 Å². The SMILES string of the molecule is O=C(O)CCCOc1ccc(CNC(=O)c2ccccc2OC(F)(F)F)cc1. The number of carboxylic acids is 1. The largest absolute Gasteiger partial charge is 0.573 e. The number of para-hydroxylation sites is 1. The third kappa shape index (κ3) is 7.18. The van der Waals surface area contributed by atoms with Gasteiger partial charge in [-0.05, 0) is 36.2 Å². The van der Waals surface area contributed by atoms with Crippen LogP contribution < -0.4 is 14.8 Å². The maximum Gasteiger partial charge on any atom is 0.573 e. The maximum absolute atomic E-state index is 12.4. The zero-order chi connectivity index (χ0) is 20.6. The second-order valence-corrected chi connectivity index (χ2v) is 5.72. The highest BCUT2D eigenvalue weighted by atomic mass is 19.4. The van der Waals surface area contributed by atoms with E-state index in [0.29, 0.717) is 17.7 Å². The van der Waals surface area contributed by atoms with E-state index in [2.05, 4.69) is 10.1 Å². The molecule has 1 amide bonds. The number of aliphatic carboxylic acids is 1. The van der Waals surface area contributed by atoms with Crippen molar-refractivity contribution in [2.45, 2.75) is 25.7 Å². The van der Waals surface area contributed by atoms with Crippen molar-refractivity contribution >= 4 is 11.9 Å². The van der Waals surface area contributed by atoms with Gasteiger partial charge in [-0.3, -0.25) is 9.59 Å². The average molecular weight is 397 g/mol. The number of hydrogen-bond acceptors (Lipinski definition) is 4. The lowest BCUT2D eigenvalue weighted by Gasteiger charge is -2.13. The highest BCUT2D eigenvalue weighted by molar-refractivity contribution is 5.96. The van der Waals surface area contributed by atoms with Crippen molar-refractivity contribution in [2.75, 3.05) is 6.61 Å². The second-order valence-electron chi connectivity index (χ2n) is 5.72. The van der Waals surface area contributed by atoms with E-state index in [1.807, 2.05) is 0 Å². The normalized spacial score (nSPS) is 11.0. The van der Waals surface area contributed by atoms with Gasteiger partial charge in [-0.15, -0.1) is 13.2 Å². The van der Waals surface area contributed by atoms with Crippen molar-refractivity contribution in [1.29, 1.82) is 0 Å². The van der Waals surface area contributed by atoms with Crippen LogP contribution in [0.5, 0.6) is 11.5 Å². The third-order valence-electron chi connectivity index (χ3n) is 3.54. The molecule has 0 atom stereocenters. The van der Waals surface area contributed by atoms with E-state index >= 15 is 0 Å². The minimum absolute atomic E-state index is 0.0175. The number of carbonyl (C=O) groups is 2. The molecular weight excluding hydrogens is 379 g/mol. The molecule has 2 aromatic carbocycles. The first kappa shape index (κ1) is 21.1. The fraction of sp³-hybridized carbons (Fsp3) is 0.263. The number of amides is 1. The highest BCUT2D eigenvalue weighted by Crippen LogP contribution is 2.26. The number of ether oxygens (including phenoxy) is 2. The molecule has 150 valence electrons. The topological polar surface area (TPSA) is 84.9 Å². The molecule has 2 N–H and O–H groups in total. The molecule has 0 heterocycles. The van der Waals surface area contributed by atoms with E-state index < -0.39 is 24.0 Å². The number of hydrogen-bond donors (Lipinski definition) is 2. The number of nitrogens with one attached hydrogen (secondary N) is 1. The summed E-state index contributed by atoms with van der Waals surface area (Å²) < 4.78 is 46.6. The van der Waals surface area contributed by atoms with Crippen LogP contribution in [0.3, 0.4) is 0 Å². The summed E-state index contributed by atoms with van der Waals surface area (Å²) in [5.41, 5.74) is 0.485. The van der Waals surface area contributed by atoms with Crippen molar-refractivity contribution in [3.8, 4) is 11.5 Å². The monoisotopic (exact) mass is 397 g/mol. The molecule has 0 aliphatic heterocycles. The van der Waals surface area contributed by atoms with Crippen LogP contribution in [0.2, 0.25) is 0 Å². The van der Waals surface area contributed by atoms with Crippen molar-refractivity contribution in [2.24, 2.45) is 0 Å². The third-order valence-corrected chi connectivity index (χ3v) is 3.54. The van der Waals surface area contributed by atoms with Gasteiger partial charge in [0.2, 0.25) is 0 Å². The second kappa shape index (κ2) is 9.63. The first-order valence-electron chi connectivity index (χ1n) is 8.31. The molecule has 0 spiro atoms. The molecule has 9 heteroatoms. The Hall–Kier alpha value is -3.23. The predicted octanol–water partition coefficient (Wildman–Crippen LogP) is 3.76. The van der Waals surface area contributed by atoms with Crippen molar-refractivity contribution in [1.82, 2.24) is 5.32 Å². The number of halogens is 3. The molecule has 28 heavy (non-hydrogen) atoms. The quantitative estimate of drug-likeness (QED) is 0.630. The first-order valence-corrected chi connectivity index (χ1v) is 8.31. The first-order chi connectivity index (χ1) is 13.2. The minimum Gasteiger partial charge on any atom is -0.494 e. The Balaban J connectivity index is 1.89. The van der Waals surface area contributed by atoms with Gasteiger partial charge in [0.25, 0.3) is 5.91 Å². The van der Waals surface area contributed by atoms with Crippen LogP contribution in [-0.4, -0.2) is 30.0 Å². The van der Waals surface area contributed by atoms with Crippen LogP contribution in [0.1, 0.15) is 28.8 Å². The number of alkyl halides is 3. The van der Waals surface area contributed by atoms with Gasteiger partial charge in [0.15, 0.2) is 0 Å². The lowest BCUT2D eigenvalue weighted by Crippen LogP contribution is -2.25. The van der Waals surface area contributed by atoms with Gasteiger partial charge in [0.05, 0.1) is 12.2 Å². The van der Waals surface area contributed by atoms with E-state index in [1.54, 1.807) is 24.3 Å². The van der Waals surface area contributed by atoms with Crippen LogP contribution in [0.15, 0.2) is 48.5 Å². The van der Waals surface area contributed by atoms with E-state index in [0.717, 1.165) is 6.07 Å². The van der Waals surface area contributed by atoms with Crippen LogP contribution in [0.25, 0.3) is 0 Å². The summed E-state index contributed by atoms with van der Waals surface area (Å²) in [5.74, 6) is -1.62. The predicted molar refractivity (Wildman–Crippen MR) is 93.1 cm³/mol. The van der Waals surface area contributed by atoms with E-state index in [9.17, 15) is 22.8 Å². The summed E-state index contributed by atoms with van der Waals surface area (Å²) in [6.07, 6.45) is -4.49. The minimum atomic E-state index is -4.89. The lowest BCUT2D eigenvalue weighted by atomic mass is 10.1. The fourth-order valence-electron chi connectivity index (χ4n) is 2.26. The van der Waals surface area contributed by atoms with Gasteiger partial charge < -0.3 is 19.9 Å². The summed E-state index contributed by atoms with van der Waals surface area (Å²) in [4.78, 5) is 22.6. The summed E-state index contributed by atoms with van der Waals surface area (Å²) in [5, 5.41) is 11.1. The smallest absolute Gasteiger partial charge is 0.494 e. The standard InChI is InChI=1S/C19H18F3NO5/c20-19(21,22)28-16-5-2-1-4-15(16)18(26)23-12-13-7-9-14(10-8-13)27-11-3-6-17(24)25/h1-2,4-5,7-10H,3,6,11-12H2,(H,23,26)(H,24,25). The Bertz CT molecular complexity index is 806. The molecule has 0 aliphatic rings. The van der Waals surface area contributed by atoms with Crippen LogP contribution in [0.4, 0.5) is 13.2 Å². The summed E-state index contributed by atoms with van der Waals surface area (Å²) in [7, 11) is 0. The summed E-state index contributed by atoms with van der Waals surface area (Å²) in [6, 6.07) is 11.8. The van der Waals surface area contributed by atoms with Crippen molar-refractivity contribution in [3.05, 3.63) is 59.7 Å². The van der Waals surface area contributed by atoms with Crippen molar-refractivity contribution in [3.63, 3.8) is 0 Å². The number of benzene rings is 2. The van der Waals surface area contributed by atoms with Crippen LogP contribution >= 0.6 is 0 Å². The molecule has 0 radical (unpaired) electrons. The summed E-state index contributed by atoms with van der Waals surface area (Å²) in [6.45, 7) is 0.358. The van der Waals surface area contributed by atoms with Gasteiger partial charge in [0, 0.05) is 13.0 Å². The molecule has 0 saturated carbocycles. The number of carbonyl (C=O) groups excluding carboxylic acids is 1. The highest BCUT2D eigenvalue weighted by Gasteiger charge is 2.32. The maximum atomic E-state index is 12.4. The lowest BCUT2D eigenvalue weighted by molar-refractivity contribution is -0.274. The molecule has 0 saturated heterocycles. The number of carboxylic acid groups (broad SMARTS) is 1. The zero-order valence-electron chi connectivity index (χ0n) is 14.7. The van der Waals surface area contributed by atoms with E-state index in [1.165, 1.54) is 18.2 Å². The Morgan fingerprint density at radius 2 is 1.71 bits per heavy atom. The number of rotatable bonds is 9. The van der Waals surface area contributed by atoms with Crippen LogP contribution in [-0.2, 0) is 11.3 Å². The Labute approximate surface area is 158 Å². The molecule has 2 rings (SSSR count). The molecule has 0 aromatic heterocycles. The average Bonchev–Trinajstić information content (AvgIpc) is 2.63. The molecular formula is C19H18F3NO5.